The average Bonchev–Trinajstić information content (AvgIpc) is 2.35. The third-order valence-electron chi connectivity index (χ3n) is 2.39. The number of anilines is 1. The zero-order chi connectivity index (χ0) is 16.0. The molecule has 0 aliphatic carbocycles. The standard InChI is InChI=1S/C13H17N5O3/c1-13(2,3)17-10(19)5-7-16-12-11(18(20)21)9(8-14)4-6-15-12/h4,6H,5,7H2,1-3H3,(H,15,16)(H,17,19). The summed E-state index contributed by atoms with van der Waals surface area (Å²) in [6.07, 6.45) is 1.45. The Balaban J connectivity index is 2.71. The predicted molar refractivity (Wildman–Crippen MR) is 76.6 cm³/mol. The van der Waals surface area contributed by atoms with Crippen molar-refractivity contribution in [1.29, 1.82) is 5.26 Å². The van der Waals surface area contributed by atoms with Crippen LogP contribution in [0.3, 0.4) is 0 Å². The van der Waals surface area contributed by atoms with Crippen LogP contribution in [0.4, 0.5) is 11.5 Å². The van der Waals surface area contributed by atoms with Gasteiger partial charge in [-0.15, -0.1) is 0 Å². The minimum Gasteiger partial charge on any atom is -0.364 e. The second-order valence-corrected chi connectivity index (χ2v) is 5.40. The van der Waals surface area contributed by atoms with Gasteiger partial charge in [-0.05, 0) is 26.8 Å². The van der Waals surface area contributed by atoms with Gasteiger partial charge in [-0.1, -0.05) is 0 Å². The van der Waals surface area contributed by atoms with Crippen molar-refractivity contribution >= 4 is 17.4 Å². The van der Waals surface area contributed by atoms with Gasteiger partial charge in [0, 0.05) is 24.7 Å². The number of nitrogens with one attached hydrogen (secondary N) is 2. The van der Waals surface area contributed by atoms with E-state index in [-0.39, 0.29) is 41.5 Å². The van der Waals surface area contributed by atoms with Crippen molar-refractivity contribution in [3.05, 3.63) is 27.9 Å². The molecule has 8 heteroatoms. The van der Waals surface area contributed by atoms with Crippen LogP contribution in [0, 0.1) is 21.4 Å². The molecule has 1 amide bonds. The summed E-state index contributed by atoms with van der Waals surface area (Å²) in [6.45, 7) is 5.77. The van der Waals surface area contributed by atoms with Crippen molar-refractivity contribution < 1.29 is 9.72 Å². The van der Waals surface area contributed by atoms with E-state index in [1.807, 2.05) is 20.8 Å². The molecule has 0 radical (unpaired) electrons. The fraction of sp³-hybridized carbons (Fsp3) is 0.462. The minimum atomic E-state index is -0.664. The van der Waals surface area contributed by atoms with E-state index in [9.17, 15) is 14.9 Å². The van der Waals surface area contributed by atoms with E-state index >= 15 is 0 Å². The highest BCUT2D eigenvalue weighted by Gasteiger charge is 2.21. The van der Waals surface area contributed by atoms with E-state index < -0.39 is 4.92 Å². The molecule has 2 N–H and O–H groups in total. The Hall–Kier alpha value is -2.69. The van der Waals surface area contributed by atoms with Crippen molar-refractivity contribution in [3.63, 3.8) is 0 Å². The first-order valence-corrected chi connectivity index (χ1v) is 6.33. The van der Waals surface area contributed by atoms with Gasteiger partial charge in [0.15, 0.2) is 0 Å². The molecular formula is C13H17N5O3. The highest BCUT2D eigenvalue weighted by atomic mass is 16.6. The Morgan fingerprint density at radius 2 is 2.19 bits per heavy atom. The topological polar surface area (TPSA) is 121 Å². The fourth-order valence-electron chi connectivity index (χ4n) is 1.63. The van der Waals surface area contributed by atoms with Gasteiger partial charge in [0.1, 0.15) is 11.6 Å². The van der Waals surface area contributed by atoms with Crippen LogP contribution in [-0.4, -0.2) is 27.9 Å². The van der Waals surface area contributed by atoms with Crippen LogP contribution in [0.1, 0.15) is 32.8 Å². The van der Waals surface area contributed by atoms with E-state index in [0.29, 0.717) is 0 Å². The first-order valence-electron chi connectivity index (χ1n) is 6.33. The summed E-state index contributed by atoms with van der Waals surface area (Å²) in [5.74, 6) is -0.184. The Kier molecular flexibility index (Phi) is 5.18. The van der Waals surface area contributed by atoms with E-state index in [1.54, 1.807) is 6.07 Å². The van der Waals surface area contributed by atoms with Crippen molar-refractivity contribution in [2.45, 2.75) is 32.7 Å². The molecule has 112 valence electrons. The van der Waals surface area contributed by atoms with Crippen molar-refractivity contribution in [3.8, 4) is 6.07 Å². The minimum absolute atomic E-state index is 0.0115. The molecule has 0 unspecified atom stereocenters. The first kappa shape index (κ1) is 16.4. The monoisotopic (exact) mass is 291 g/mol. The maximum atomic E-state index is 11.6. The molecule has 0 atom stereocenters. The second-order valence-electron chi connectivity index (χ2n) is 5.40. The van der Waals surface area contributed by atoms with Crippen molar-refractivity contribution in [2.75, 3.05) is 11.9 Å². The van der Waals surface area contributed by atoms with Gasteiger partial charge in [0.2, 0.25) is 11.7 Å². The number of amides is 1. The molecule has 0 saturated carbocycles. The molecule has 21 heavy (non-hydrogen) atoms. The van der Waals surface area contributed by atoms with E-state index in [0.717, 1.165) is 0 Å². The van der Waals surface area contributed by atoms with Crippen LogP contribution in [0.25, 0.3) is 0 Å². The summed E-state index contributed by atoms with van der Waals surface area (Å²) in [5, 5.41) is 25.3. The number of carbonyl (C=O) groups is 1. The molecule has 0 aromatic carbocycles. The van der Waals surface area contributed by atoms with Crippen LogP contribution in [0.15, 0.2) is 12.3 Å². The van der Waals surface area contributed by atoms with Crippen LogP contribution in [-0.2, 0) is 4.79 Å². The second kappa shape index (κ2) is 6.65. The van der Waals surface area contributed by atoms with Crippen molar-refractivity contribution in [1.82, 2.24) is 10.3 Å². The van der Waals surface area contributed by atoms with Crippen LogP contribution < -0.4 is 10.6 Å². The number of nitrogens with zero attached hydrogens (tertiary/aromatic N) is 3. The summed E-state index contributed by atoms with van der Waals surface area (Å²) in [4.78, 5) is 25.8. The first-order chi connectivity index (χ1) is 9.74. The molecule has 8 nitrogen and oxygen atoms in total. The van der Waals surface area contributed by atoms with Gasteiger partial charge in [-0.25, -0.2) is 4.98 Å². The van der Waals surface area contributed by atoms with Gasteiger partial charge < -0.3 is 10.6 Å². The van der Waals surface area contributed by atoms with E-state index in [1.165, 1.54) is 12.3 Å². The highest BCUT2D eigenvalue weighted by Crippen LogP contribution is 2.25. The number of hydrogen-bond acceptors (Lipinski definition) is 6. The quantitative estimate of drug-likeness (QED) is 0.627. The molecular weight excluding hydrogens is 274 g/mol. The number of pyridine rings is 1. The lowest BCUT2D eigenvalue weighted by atomic mass is 10.1. The number of carbonyl (C=O) groups excluding carboxylic acids is 1. The number of aromatic nitrogens is 1. The Bertz CT molecular complexity index is 586. The van der Waals surface area contributed by atoms with E-state index in [2.05, 4.69) is 15.6 Å². The fourth-order valence-corrected chi connectivity index (χ4v) is 1.63. The Morgan fingerprint density at radius 1 is 1.52 bits per heavy atom. The maximum Gasteiger partial charge on any atom is 0.328 e. The van der Waals surface area contributed by atoms with Crippen LogP contribution in [0.5, 0.6) is 0 Å². The summed E-state index contributed by atoms with van der Waals surface area (Å²) >= 11 is 0. The lowest BCUT2D eigenvalue weighted by molar-refractivity contribution is -0.384. The summed E-state index contributed by atoms with van der Waals surface area (Å²) in [6, 6.07) is 3.02. The van der Waals surface area contributed by atoms with Crippen LogP contribution >= 0.6 is 0 Å². The number of hydrogen-bond donors (Lipinski definition) is 2. The van der Waals surface area contributed by atoms with Gasteiger partial charge >= 0.3 is 5.69 Å². The molecule has 0 bridgehead atoms. The lowest BCUT2D eigenvalue weighted by Gasteiger charge is -2.20. The molecule has 0 aliphatic rings. The zero-order valence-electron chi connectivity index (χ0n) is 12.1. The Labute approximate surface area is 122 Å². The zero-order valence-corrected chi connectivity index (χ0v) is 12.1. The molecule has 0 saturated heterocycles. The maximum absolute atomic E-state index is 11.6. The smallest absolute Gasteiger partial charge is 0.328 e. The highest BCUT2D eigenvalue weighted by molar-refractivity contribution is 5.77. The third-order valence-corrected chi connectivity index (χ3v) is 2.39. The number of nitro groups is 1. The summed E-state index contributed by atoms with van der Waals surface area (Å²) in [7, 11) is 0. The molecule has 1 heterocycles. The predicted octanol–water partition coefficient (Wildman–Crippen LogP) is 1.58. The SMILES string of the molecule is CC(C)(C)NC(=O)CCNc1nccc(C#N)c1[N+](=O)[O-]. The lowest BCUT2D eigenvalue weighted by Crippen LogP contribution is -2.41. The summed E-state index contributed by atoms with van der Waals surface area (Å²) < 4.78 is 0. The molecule has 1 aromatic heterocycles. The molecule has 0 fully saturated rings. The molecule has 1 rings (SSSR count). The normalized spacial score (nSPS) is 10.6. The van der Waals surface area contributed by atoms with Gasteiger partial charge in [0.25, 0.3) is 0 Å². The van der Waals surface area contributed by atoms with Gasteiger partial charge in [0.05, 0.1) is 4.92 Å². The van der Waals surface area contributed by atoms with Crippen molar-refractivity contribution in [2.24, 2.45) is 0 Å². The average molecular weight is 291 g/mol. The van der Waals surface area contributed by atoms with Crippen LogP contribution in [0.2, 0.25) is 0 Å². The molecule has 0 aliphatic heterocycles. The number of rotatable bonds is 5. The molecule has 1 aromatic rings. The Morgan fingerprint density at radius 3 is 2.71 bits per heavy atom. The molecule has 0 spiro atoms. The number of nitriles is 1. The van der Waals surface area contributed by atoms with Gasteiger partial charge in [-0.3, -0.25) is 14.9 Å². The van der Waals surface area contributed by atoms with Gasteiger partial charge in [-0.2, -0.15) is 5.26 Å². The van der Waals surface area contributed by atoms with E-state index in [4.69, 9.17) is 5.26 Å². The largest absolute Gasteiger partial charge is 0.364 e. The third kappa shape index (κ3) is 5.06. The summed E-state index contributed by atoms with van der Waals surface area (Å²) in [5.41, 5.74) is -0.782.